The molecule has 2 heterocycles. The highest BCUT2D eigenvalue weighted by atomic mass is 15.3. The summed E-state index contributed by atoms with van der Waals surface area (Å²) in [6.07, 6.45) is 5.10. The minimum absolute atomic E-state index is 0.391. The van der Waals surface area contributed by atoms with Gasteiger partial charge in [-0.25, -0.2) is 0 Å². The maximum Gasteiger partial charge on any atom is 0.191 e. The highest BCUT2D eigenvalue weighted by Gasteiger charge is 2.23. The lowest BCUT2D eigenvalue weighted by Crippen LogP contribution is -2.44. The molecule has 6 heteroatoms. The molecule has 6 nitrogen and oxygen atoms in total. The van der Waals surface area contributed by atoms with E-state index in [1.54, 1.807) is 0 Å². The third-order valence-corrected chi connectivity index (χ3v) is 5.21. The monoisotopic (exact) mass is 388 g/mol. The Balaban J connectivity index is 1.26. The van der Waals surface area contributed by atoms with Crippen LogP contribution in [0.15, 0.2) is 78.0 Å². The van der Waals surface area contributed by atoms with Crippen molar-refractivity contribution >= 4 is 11.6 Å². The molecular weight excluding hydrogens is 360 g/mol. The summed E-state index contributed by atoms with van der Waals surface area (Å²) in [7, 11) is 1.82. The van der Waals surface area contributed by atoms with E-state index in [0.717, 1.165) is 37.6 Å². The van der Waals surface area contributed by atoms with Crippen LogP contribution in [0.1, 0.15) is 17.5 Å². The van der Waals surface area contributed by atoms with Crippen molar-refractivity contribution in [2.24, 2.45) is 4.99 Å². The van der Waals surface area contributed by atoms with Gasteiger partial charge in [-0.1, -0.05) is 48.5 Å². The summed E-state index contributed by atoms with van der Waals surface area (Å²) in [5.41, 5.74) is 3.67. The summed E-state index contributed by atoms with van der Waals surface area (Å²) in [6.45, 7) is 3.53. The standard InChI is InChI=1S/C23H28N6/c1-24-23(27-21-12-13-28(18-21)22-10-6-3-7-11-22)25-14-20-15-26-29(17-20)16-19-8-4-2-5-9-19/h2-11,15,17,21H,12-14,16,18H2,1H3,(H2,24,25,27). The molecule has 0 saturated carbocycles. The Morgan fingerprint density at radius 3 is 2.59 bits per heavy atom. The van der Waals surface area contributed by atoms with Crippen LogP contribution in [-0.2, 0) is 13.1 Å². The minimum Gasteiger partial charge on any atom is -0.369 e. The molecular formula is C23H28N6. The van der Waals surface area contributed by atoms with Crippen LogP contribution in [0.25, 0.3) is 0 Å². The fraction of sp³-hybridized carbons (Fsp3) is 0.304. The molecule has 1 unspecified atom stereocenters. The number of anilines is 1. The Morgan fingerprint density at radius 2 is 1.83 bits per heavy atom. The van der Waals surface area contributed by atoms with Crippen molar-refractivity contribution in [3.63, 3.8) is 0 Å². The predicted molar refractivity (Wildman–Crippen MR) is 118 cm³/mol. The number of para-hydroxylation sites is 1. The molecule has 1 fully saturated rings. The zero-order chi connectivity index (χ0) is 19.9. The molecule has 1 aromatic heterocycles. The first-order chi connectivity index (χ1) is 14.3. The molecule has 0 radical (unpaired) electrons. The van der Waals surface area contributed by atoms with Gasteiger partial charge in [0.15, 0.2) is 5.96 Å². The van der Waals surface area contributed by atoms with E-state index < -0.39 is 0 Å². The molecule has 150 valence electrons. The Bertz CT molecular complexity index is 919. The molecule has 1 atom stereocenters. The van der Waals surface area contributed by atoms with E-state index in [2.05, 4.69) is 86.4 Å². The number of nitrogens with one attached hydrogen (secondary N) is 2. The summed E-state index contributed by atoms with van der Waals surface area (Å²) in [5, 5.41) is 11.4. The second-order valence-corrected chi connectivity index (χ2v) is 7.37. The van der Waals surface area contributed by atoms with Gasteiger partial charge in [0.05, 0.1) is 12.7 Å². The average Bonchev–Trinajstić information content (AvgIpc) is 3.42. The maximum atomic E-state index is 4.47. The van der Waals surface area contributed by atoms with Crippen LogP contribution in [0.5, 0.6) is 0 Å². The number of rotatable bonds is 6. The van der Waals surface area contributed by atoms with E-state index in [0.29, 0.717) is 12.6 Å². The van der Waals surface area contributed by atoms with Crippen molar-refractivity contribution in [3.8, 4) is 0 Å². The Hall–Kier alpha value is -3.28. The van der Waals surface area contributed by atoms with Crippen molar-refractivity contribution in [3.05, 3.63) is 84.2 Å². The van der Waals surface area contributed by atoms with Crippen LogP contribution in [-0.4, -0.2) is 41.9 Å². The third kappa shape index (κ3) is 5.16. The predicted octanol–water partition coefficient (Wildman–Crippen LogP) is 2.88. The van der Waals surface area contributed by atoms with Crippen molar-refractivity contribution in [1.82, 2.24) is 20.4 Å². The van der Waals surface area contributed by atoms with Crippen LogP contribution < -0.4 is 15.5 Å². The molecule has 0 spiro atoms. The van der Waals surface area contributed by atoms with Gasteiger partial charge >= 0.3 is 0 Å². The molecule has 4 rings (SSSR count). The molecule has 3 aromatic rings. The number of aromatic nitrogens is 2. The maximum absolute atomic E-state index is 4.47. The van der Waals surface area contributed by atoms with Gasteiger partial charge in [0, 0.05) is 50.2 Å². The van der Waals surface area contributed by atoms with Gasteiger partial charge in [-0.05, 0) is 24.1 Å². The molecule has 0 amide bonds. The van der Waals surface area contributed by atoms with Crippen LogP contribution in [0.4, 0.5) is 5.69 Å². The van der Waals surface area contributed by atoms with E-state index in [9.17, 15) is 0 Å². The molecule has 1 aliphatic heterocycles. The highest BCUT2D eigenvalue weighted by Crippen LogP contribution is 2.19. The van der Waals surface area contributed by atoms with Gasteiger partial charge in [0.1, 0.15) is 0 Å². The summed E-state index contributed by atoms with van der Waals surface area (Å²) in [5.74, 6) is 0.834. The summed E-state index contributed by atoms with van der Waals surface area (Å²) < 4.78 is 1.97. The first-order valence-electron chi connectivity index (χ1n) is 10.1. The molecule has 29 heavy (non-hydrogen) atoms. The van der Waals surface area contributed by atoms with Gasteiger partial charge in [-0.15, -0.1) is 0 Å². The van der Waals surface area contributed by atoms with Crippen LogP contribution in [0.2, 0.25) is 0 Å². The summed E-state index contributed by atoms with van der Waals surface area (Å²) >= 11 is 0. The number of hydrogen-bond donors (Lipinski definition) is 2. The topological polar surface area (TPSA) is 57.5 Å². The number of guanidine groups is 1. The van der Waals surface area contributed by atoms with E-state index >= 15 is 0 Å². The second-order valence-electron chi connectivity index (χ2n) is 7.37. The lowest BCUT2D eigenvalue weighted by Gasteiger charge is -2.20. The smallest absolute Gasteiger partial charge is 0.191 e. The van der Waals surface area contributed by atoms with Crippen LogP contribution >= 0.6 is 0 Å². The first-order valence-corrected chi connectivity index (χ1v) is 10.1. The molecule has 1 aliphatic rings. The Morgan fingerprint density at radius 1 is 1.07 bits per heavy atom. The van der Waals surface area contributed by atoms with Gasteiger partial charge < -0.3 is 15.5 Å². The van der Waals surface area contributed by atoms with E-state index in [4.69, 9.17) is 0 Å². The number of nitrogens with zero attached hydrogens (tertiary/aromatic N) is 4. The molecule has 2 aromatic carbocycles. The van der Waals surface area contributed by atoms with Crippen molar-refractivity contribution < 1.29 is 0 Å². The molecule has 0 bridgehead atoms. The lowest BCUT2D eigenvalue weighted by molar-refractivity contribution is 0.648. The summed E-state index contributed by atoms with van der Waals surface area (Å²) in [4.78, 5) is 6.80. The molecule has 0 aliphatic carbocycles. The van der Waals surface area contributed by atoms with E-state index in [1.807, 2.05) is 24.0 Å². The van der Waals surface area contributed by atoms with Crippen LogP contribution in [0, 0.1) is 0 Å². The quantitative estimate of drug-likeness (QED) is 0.504. The minimum atomic E-state index is 0.391. The molecule has 2 N–H and O–H groups in total. The van der Waals surface area contributed by atoms with Crippen LogP contribution in [0.3, 0.4) is 0 Å². The fourth-order valence-electron chi connectivity index (χ4n) is 3.68. The van der Waals surface area contributed by atoms with Crippen molar-refractivity contribution in [1.29, 1.82) is 0 Å². The number of hydrogen-bond acceptors (Lipinski definition) is 3. The normalized spacial score (nSPS) is 16.8. The lowest BCUT2D eigenvalue weighted by atomic mass is 10.2. The van der Waals surface area contributed by atoms with E-state index in [-0.39, 0.29) is 0 Å². The molecule has 1 saturated heterocycles. The zero-order valence-corrected chi connectivity index (χ0v) is 16.8. The Kier molecular flexibility index (Phi) is 6.10. The summed E-state index contributed by atoms with van der Waals surface area (Å²) in [6, 6.07) is 21.3. The Labute approximate surface area is 172 Å². The van der Waals surface area contributed by atoms with E-state index in [1.165, 1.54) is 11.3 Å². The average molecular weight is 389 g/mol. The first kappa shape index (κ1) is 19.1. The second kappa shape index (κ2) is 9.28. The fourth-order valence-corrected chi connectivity index (χ4v) is 3.68. The zero-order valence-electron chi connectivity index (χ0n) is 16.8. The number of aliphatic imine (C=N–C) groups is 1. The largest absolute Gasteiger partial charge is 0.369 e. The van der Waals surface area contributed by atoms with Gasteiger partial charge in [-0.2, -0.15) is 5.10 Å². The SMILES string of the molecule is CN=C(NCc1cnn(Cc2ccccc2)c1)NC1CCN(c2ccccc2)C1. The van der Waals surface area contributed by atoms with Crippen molar-refractivity contribution in [2.45, 2.75) is 25.6 Å². The number of benzene rings is 2. The highest BCUT2D eigenvalue weighted by molar-refractivity contribution is 5.80. The third-order valence-electron chi connectivity index (χ3n) is 5.21. The van der Waals surface area contributed by atoms with Gasteiger partial charge in [0.25, 0.3) is 0 Å². The van der Waals surface area contributed by atoms with Gasteiger partial charge in [0.2, 0.25) is 0 Å². The van der Waals surface area contributed by atoms with Gasteiger partial charge in [-0.3, -0.25) is 9.67 Å². The van der Waals surface area contributed by atoms with Crippen molar-refractivity contribution in [2.75, 3.05) is 25.0 Å².